The molecule has 9 nitrogen and oxygen atoms in total. The molecule has 0 aliphatic heterocycles. The summed E-state index contributed by atoms with van der Waals surface area (Å²) in [7, 11) is 1.15. The summed E-state index contributed by atoms with van der Waals surface area (Å²) >= 11 is 6.31. The molecule has 1 amide bonds. The van der Waals surface area contributed by atoms with Crippen molar-refractivity contribution in [3.63, 3.8) is 0 Å². The Morgan fingerprint density at radius 1 is 1.52 bits per heavy atom. The van der Waals surface area contributed by atoms with Crippen LogP contribution in [0.25, 0.3) is 0 Å². The lowest BCUT2D eigenvalue weighted by molar-refractivity contribution is -0.146. The SMILES string of the molecule is COC(=O)CON=C(C(=O)O)c1csc(NC(=O)CCl)n1. The van der Waals surface area contributed by atoms with Crippen LogP contribution in [0.4, 0.5) is 5.13 Å². The Bertz CT molecular complexity index is 573. The third-order valence-electron chi connectivity index (χ3n) is 1.88. The van der Waals surface area contributed by atoms with E-state index in [0.29, 0.717) is 0 Å². The van der Waals surface area contributed by atoms with Crippen molar-refractivity contribution in [2.24, 2.45) is 5.16 Å². The van der Waals surface area contributed by atoms with Crippen LogP contribution in [0.15, 0.2) is 10.5 Å². The van der Waals surface area contributed by atoms with Crippen LogP contribution < -0.4 is 5.32 Å². The second kappa shape index (κ2) is 8.17. The molecule has 1 aromatic heterocycles. The van der Waals surface area contributed by atoms with Gasteiger partial charge in [0, 0.05) is 5.38 Å². The summed E-state index contributed by atoms with van der Waals surface area (Å²) in [4.78, 5) is 41.4. The summed E-state index contributed by atoms with van der Waals surface area (Å²) in [6.45, 7) is -0.534. The minimum absolute atomic E-state index is 0.0257. The number of methoxy groups -OCH3 is 1. The average Bonchev–Trinajstić information content (AvgIpc) is 2.90. The highest BCUT2D eigenvalue weighted by Crippen LogP contribution is 2.16. The van der Waals surface area contributed by atoms with Crippen molar-refractivity contribution in [3.8, 4) is 0 Å². The van der Waals surface area contributed by atoms with E-state index in [1.807, 2.05) is 0 Å². The topological polar surface area (TPSA) is 127 Å². The van der Waals surface area contributed by atoms with Gasteiger partial charge in [-0.2, -0.15) is 0 Å². The predicted octanol–water partition coefficient (Wildman–Crippen LogP) is 0.299. The van der Waals surface area contributed by atoms with E-state index >= 15 is 0 Å². The molecule has 0 bridgehead atoms. The highest BCUT2D eigenvalue weighted by Gasteiger charge is 2.18. The van der Waals surface area contributed by atoms with Gasteiger partial charge in [-0.15, -0.1) is 22.9 Å². The Morgan fingerprint density at radius 2 is 2.24 bits per heavy atom. The van der Waals surface area contributed by atoms with E-state index in [1.165, 1.54) is 5.38 Å². The molecule has 0 saturated carbocycles. The zero-order valence-corrected chi connectivity index (χ0v) is 12.2. The number of carbonyl (C=O) groups is 3. The number of rotatable bonds is 7. The fourth-order valence-electron chi connectivity index (χ4n) is 0.996. The molecule has 0 saturated heterocycles. The van der Waals surface area contributed by atoms with E-state index < -0.39 is 30.2 Å². The van der Waals surface area contributed by atoms with Gasteiger partial charge in [0.1, 0.15) is 11.6 Å². The number of hydrogen-bond donors (Lipinski definition) is 2. The first-order chi connectivity index (χ1) is 9.97. The van der Waals surface area contributed by atoms with Crippen molar-refractivity contribution in [1.29, 1.82) is 0 Å². The van der Waals surface area contributed by atoms with E-state index in [1.54, 1.807) is 0 Å². The number of anilines is 1. The van der Waals surface area contributed by atoms with Crippen LogP contribution >= 0.6 is 22.9 Å². The molecule has 21 heavy (non-hydrogen) atoms. The van der Waals surface area contributed by atoms with Crippen molar-refractivity contribution in [1.82, 2.24) is 4.98 Å². The number of carboxylic acid groups (broad SMARTS) is 1. The van der Waals surface area contributed by atoms with Gasteiger partial charge in [-0.3, -0.25) is 4.79 Å². The number of carbonyl (C=O) groups excluding carboxylic acids is 2. The van der Waals surface area contributed by atoms with Crippen LogP contribution in [0, 0.1) is 0 Å². The lowest BCUT2D eigenvalue weighted by Gasteiger charge is -2.00. The van der Waals surface area contributed by atoms with Gasteiger partial charge in [0.2, 0.25) is 18.2 Å². The molecule has 1 heterocycles. The number of carboxylic acids is 1. The first-order valence-electron chi connectivity index (χ1n) is 5.29. The maximum Gasteiger partial charge on any atom is 0.360 e. The molecule has 114 valence electrons. The summed E-state index contributed by atoms with van der Waals surface area (Å²) in [5, 5.41) is 16.2. The maximum absolute atomic E-state index is 11.1. The molecule has 0 fully saturated rings. The van der Waals surface area contributed by atoms with Gasteiger partial charge in [-0.25, -0.2) is 14.6 Å². The minimum atomic E-state index is -1.40. The third kappa shape index (κ3) is 5.36. The van der Waals surface area contributed by atoms with Gasteiger partial charge in [-0.1, -0.05) is 5.16 Å². The number of nitrogens with zero attached hydrogens (tertiary/aromatic N) is 2. The Morgan fingerprint density at radius 3 is 2.81 bits per heavy atom. The summed E-state index contributed by atoms with van der Waals surface area (Å²) in [6, 6.07) is 0. The molecule has 0 spiro atoms. The Hall–Kier alpha value is -2.20. The van der Waals surface area contributed by atoms with Crippen molar-refractivity contribution in [3.05, 3.63) is 11.1 Å². The second-order valence-electron chi connectivity index (χ2n) is 3.31. The number of aliphatic carboxylic acids is 1. The van der Waals surface area contributed by atoms with Crippen LogP contribution in [0.3, 0.4) is 0 Å². The number of halogens is 1. The van der Waals surface area contributed by atoms with Crippen LogP contribution in [0.2, 0.25) is 0 Å². The van der Waals surface area contributed by atoms with Crippen molar-refractivity contribution < 1.29 is 29.1 Å². The first kappa shape index (κ1) is 16.9. The predicted molar refractivity (Wildman–Crippen MR) is 73.6 cm³/mol. The molecule has 11 heteroatoms. The zero-order chi connectivity index (χ0) is 15.8. The smallest absolute Gasteiger partial charge is 0.360 e. The van der Waals surface area contributed by atoms with Gasteiger partial charge in [0.05, 0.1) is 7.11 Å². The summed E-state index contributed by atoms with van der Waals surface area (Å²) in [6.07, 6.45) is 0. The Labute approximate surface area is 127 Å². The molecular formula is C10H10ClN3O6S. The number of hydrogen-bond acceptors (Lipinski definition) is 8. The van der Waals surface area contributed by atoms with Crippen LogP contribution in [-0.2, 0) is 24.0 Å². The number of oxime groups is 1. The van der Waals surface area contributed by atoms with Crippen LogP contribution in [0.5, 0.6) is 0 Å². The molecule has 0 radical (unpaired) electrons. The molecule has 1 aromatic rings. The molecule has 2 N–H and O–H groups in total. The number of alkyl halides is 1. The van der Waals surface area contributed by atoms with Gasteiger partial charge in [-0.05, 0) is 0 Å². The van der Waals surface area contributed by atoms with E-state index in [4.69, 9.17) is 16.7 Å². The molecule has 0 aliphatic rings. The van der Waals surface area contributed by atoms with Gasteiger partial charge in [0.25, 0.3) is 0 Å². The van der Waals surface area contributed by atoms with E-state index in [2.05, 4.69) is 25.0 Å². The fraction of sp³-hybridized carbons (Fsp3) is 0.300. The maximum atomic E-state index is 11.1. The monoisotopic (exact) mass is 335 g/mol. The quantitative estimate of drug-likeness (QED) is 0.317. The number of nitrogens with one attached hydrogen (secondary N) is 1. The standard InChI is InChI=1S/C10H10ClN3O6S/c1-19-7(16)3-20-14-8(9(17)18)5-4-21-10(12-5)13-6(15)2-11/h4H,2-3H2,1H3,(H,17,18)(H,12,13,15). The van der Waals surface area contributed by atoms with E-state index in [9.17, 15) is 14.4 Å². The van der Waals surface area contributed by atoms with Crippen molar-refractivity contribution >= 4 is 51.6 Å². The zero-order valence-electron chi connectivity index (χ0n) is 10.7. The molecule has 1 rings (SSSR count). The van der Waals surface area contributed by atoms with E-state index in [-0.39, 0.29) is 16.7 Å². The number of ether oxygens (including phenoxy) is 1. The first-order valence-corrected chi connectivity index (χ1v) is 6.71. The Balaban J connectivity index is 2.81. The minimum Gasteiger partial charge on any atom is -0.476 e. The van der Waals surface area contributed by atoms with Gasteiger partial charge < -0.3 is 20.0 Å². The summed E-state index contributed by atoms with van der Waals surface area (Å²) < 4.78 is 4.30. The lowest BCUT2D eigenvalue weighted by atomic mass is 10.3. The molecule has 0 atom stereocenters. The lowest BCUT2D eigenvalue weighted by Crippen LogP contribution is -2.18. The van der Waals surface area contributed by atoms with Gasteiger partial charge in [0.15, 0.2) is 5.13 Å². The normalized spacial score (nSPS) is 10.9. The van der Waals surface area contributed by atoms with E-state index in [0.717, 1.165) is 18.4 Å². The second-order valence-corrected chi connectivity index (χ2v) is 4.44. The highest BCUT2D eigenvalue weighted by atomic mass is 35.5. The highest BCUT2D eigenvalue weighted by molar-refractivity contribution is 7.14. The Kier molecular flexibility index (Phi) is 6.56. The number of esters is 1. The summed E-state index contributed by atoms with van der Waals surface area (Å²) in [5.41, 5.74) is -0.538. The van der Waals surface area contributed by atoms with Crippen molar-refractivity contribution in [2.75, 3.05) is 24.9 Å². The molecule has 0 unspecified atom stereocenters. The average molecular weight is 336 g/mol. The summed E-state index contributed by atoms with van der Waals surface area (Å²) in [5.74, 6) is -2.85. The molecular weight excluding hydrogens is 326 g/mol. The molecule has 0 aromatic carbocycles. The number of amides is 1. The largest absolute Gasteiger partial charge is 0.476 e. The number of aromatic nitrogens is 1. The number of thiazole rings is 1. The fourth-order valence-corrected chi connectivity index (χ4v) is 1.77. The van der Waals surface area contributed by atoms with Crippen LogP contribution in [-0.4, -0.2) is 53.2 Å². The van der Waals surface area contributed by atoms with Crippen LogP contribution in [0.1, 0.15) is 5.69 Å². The molecule has 0 aliphatic carbocycles. The third-order valence-corrected chi connectivity index (χ3v) is 2.88. The van der Waals surface area contributed by atoms with Crippen molar-refractivity contribution in [2.45, 2.75) is 0 Å². The van der Waals surface area contributed by atoms with Gasteiger partial charge >= 0.3 is 11.9 Å².